The second-order valence-corrected chi connectivity index (χ2v) is 16.1. The van der Waals surface area contributed by atoms with Crippen LogP contribution in [0.3, 0.4) is 0 Å². The second kappa shape index (κ2) is 11.8. The fourth-order valence-electron chi connectivity index (χ4n) is 9.33. The molecule has 2 N–H and O–H groups in total. The van der Waals surface area contributed by atoms with Gasteiger partial charge in [0.15, 0.2) is 0 Å². The summed E-state index contributed by atoms with van der Waals surface area (Å²) in [4.78, 5) is 12.0. The number of fused-ring (bicyclic) bond motifs is 5. The Kier molecular flexibility index (Phi) is 9.46. The van der Waals surface area contributed by atoms with Crippen molar-refractivity contribution in [1.29, 1.82) is 0 Å². The molecule has 3 saturated carbocycles. The summed E-state index contributed by atoms with van der Waals surface area (Å²) in [5.74, 6) is 0.593. The zero-order valence-corrected chi connectivity index (χ0v) is 26.7. The lowest BCUT2D eigenvalue weighted by molar-refractivity contribution is -0.152. The van der Waals surface area contributed by atoms with Crippen LogP contribution in [0.5, 0.6) is 0 Å². The first-order valence-corrected chi connectivity index (χ1v) is 17.8. The van der Waals surface area contributed by atoms with E-state index in [1.165, 1.54) is 12.5 Å². The molecule has 0 aliphatic heterocycles. The van der Waals surface area contributed by atoms with E-state index >= 15 is 0 Å². The predicted octanol–water partition coefficient (Wildman–Crippen LogP) is 5.56. The zero-order chi connectivity index (χ0) is 30.5. The van der Waals surface area contributed by atoms with E-state index in [1.54, 1.807) is 0 Å². The van der Waals surface area contributed by atoms with Gasteiger partial charge in [-0.25, -0.2) is 8.37 Å². The van der Waals surface area contributed by atoms with Gasteiger partial charge in [-0.05, 0) is 104 Å². The van der Waals surface area contributed by atoms with Gasteiger partial charge < -0.3 is 4.74 Å². The van der Waals surface area contributed by atoms with Crippen LogP contribution < -0.4 is 0 Å². The number of hydrogen-bond donors (Lipinski definition) is 2. The van der Waals surface area contributed by atoms with Crippen molar-refractivity contribution in [1.82, 2.24) is 0 Å². The Bertz CT molecular complexity index is 1230. The highest BCUT2D eigenvalue weighted by molar-refractivity contribution is 7.81. The third kappa shape index (κ3) is 7.03. The van der Waals surface area contributed by atoms with E-state index in [0.717, 1.165) is 32.1 Å². The number of carbonyl (C=O) groups excluding carboxylic acids is 1. The summed E-state index contributed by atoms with van der Waals surface area (Å²) >= 11 is 0. The Labute approximate surface area is 245 Å². The molecule has 236 valence electrons. The summed E-state index contributed by atoms with van der Waals surface area (Å²) in [6.45, 7) is 12.4. The van der Waals surface area contributed by atoms with Gasteiger partial charge in [-0.2, -0.15) is 16.8 Å². The Morgan fingerprint density at radius 2 is 1.63 bits per heavy atom. The molecule has 10 nitrogen and oxygen atoms in total. The van der Waals surface area contributed by atoms with Crippen molar-refractivity contribution in [2.45, 2.75) is 118 Å². The first-order valence-electron chi connectivity index (χ1n) is 15.0. The SMILES string of the molecule is CC(=O)O[C@H](CCC(C)C)[C@@H](C)[C@H]1CCC2C3C[C@H](OS(=O)(=O)O)C4C[C@@H](OS(=O)(=O)O)CC[C@]4(C)C3=CC[C@@]21C. The van der Waals surface area contributed by atoms with Crippen molar-refractivity contribution in [3.8, 4) is 0 Å². The van der Waals surface area contributed by atoms with Crippen molar-refractivity contribution in [2.24, 2.45) is 46.3 Å². The maximum Gasteiger partial charge on any atom is 0.397 e. The molecule has 10 atom stereocenters. The van der Waals surface area contributed by atoms with Crippen LogP contribution >= 0.6 is 0 Å². The van der Waals surface area contributed by atoms with Crippen LogP contribution in [-0.2, 0) is 38.7 Å². The number of ether oxygens (including phenoxy) is 1. The number of rotatable bonds is 10. The number of hydrogen-bond acceptors (Lipinski definition) is 8. The smallest absolute Gasteiger partial charge is 0.397 e. The Morgan fingerprint density at radius 3 is 2.22 bits per heavy atom. The first kappa shape index (κ1) is 32.9. The van der Waals surface area contributed by atoms with Crippen molar-refractivity contribution in [2.75, 3.05) is 0 Å². The minimum atomic E-state index is -4.77. The Hall–Kier alpha value is -1.05. The summed E-state index contributed by atoms with van der Waals surface area (Å²) in [6, 6.07) is 0. The molecule has 0 aromatic carbocycles. The second-order valence-electron chi connectivity index (χ2n) is 14.0. The zero-order valence-electron chi connectivity index (χ0n) is 25.1. The molecule has 4 aliphatic rings. The van der Waals surface area contributed by atoms with Crippen LogP contribution in [0, 0.1) is 46.3 Å². The summed E-state index contributed by atoms with van der Waals surface area (Å²) in [5, 5.41) is 0. The minimum Gasteiger partial charge on any atom is -0.462 e. The van der Waals surface area contributed by atoms with Gasteiger partial charge in [0.25, 0.3) is 0 Å². The number of esters is 1. The molecule has 0 radical (unpaired) electrons. The quantitative estimate of drug-likeness (QED) is 0.180. The van der Waals surface area contributed by atoms with E-state index in [2.05, 4.69) is 40.7 Å². The highest BCUT2D eigenvalue weighted by Gasteiger charge is 2.61. The lowest BCUT2D eigenvalue weighted by atomic mass is 9.47. The normalized spacial score (nSPS) is 38.8. The summed E-state index contributed by atoms with van der Waals surface area (Å²) in [5.41, 5.74) is 0.705. The standard InChI is InChI=1S/C29H48O10S2/c1-17(2)7-10-26(37-19(4)30)18(3)22-8-9-23-21-16-27(39-41(34,35)36)25-15-20(38-40(31,32)33)11-13-29(25,6)24(21)12-14-28(22,23)5/h12,17-18,20-23,25-27H,7-11,13-16H2,1-6H3,(H,31,32,33)(H,34,35,36)/t18-,20-,21?,22+,23?,25?,26+,27-,28+,29+/m0/s1. The number of carbonyl (C=O) groups is 1. The van der Waals surface area contributed by atoms with Crippen LogP contribution in [0.2, 0.25) is 0 Å². The molecule has 12 heteroatoms. The van der Waals surface area contributed by atoms with Crippen LogP contribution in [0.4, 0.5) is 0 Å². The van der Waals surface area contributed by atoms with Gasteiger partial charge in [0.2, 0.25) is 0 Å². The molecular weight excluding hydrogens is 572 g/mol. The van der Waals surface area contributed by atoms with Gasteiger partial charge in [-0.3, -0.25) is 13.9 Å². The molecule has 0 spiro atoms. The van der Waals surface area contributed by atoms with Crippen LogP contribution in [0.15, 0.2) is 11.6 Å². The van der Waals surface area contributed by atoms with Gasteiger partial charge in [0.05, 0.1) is 12.2 Å². The summed E-state index contributed by atoms with van der Waals surface area (Å²) < 4.78 is 81.8. The fraction of sp³-hybridized carbons (Fsp3) is 0.897. The average Bonchev–Trinajstić information content (AvgIpc) is 3.17. The van der Waals surface area contributed by atoms with Crippen LogP contribution in [-0.4, -0.2) is 50.2 Å². The fourth-order valence-corrected chi connectivity index (χ4v) is 10.4. The largest absolute Gasteiger partial charge is 0.462 e. The maximum absolute atomic E-state index is 12.0. The molecule has 3 unspecified atom stereocenters. The molecule has 0 aromatic rings. The Morgan fingerprint density at radius 1 is 0.976 bits per heavy atom. The van der Waals surface area contributed by atoms with Gasteiger partial charge in [0.1, 0.15) is 6.10 Å². The first-order chi connectivity index (χ1) is 18.8. The van der Waals surface area contributed by atoms with Gasteiger partial charge in [-0.15, -0.1) is 0 Å². The van der Waals surface area contributed by atoms with Gasteiger partial charge >= 0.3 is 26.8 Å². The van der Waals surface area contributed by atoms with Crippen molar-refractivity contribution >= 4 is 26.8 Å². The van der Waals surface area contributed by atoms with Gasteiger partial charge in [-0.1, -0.05) is 46.3 Å². The molecule has 0 saturated heterocycles. The molecule has 4 aliphatic carbocycles. The van der Waals surface area contributed by atoms with E-state index in [-0.39, 0.29) is 41.7 Å². The molecule has 0 aromatic heterocycles. The molecule has 41 heavy (non-hydrogen) atoms. The van der Waals surface area contributed by atoms with E-state index in [1.807, 2.05) is 0 Å². The average molecular weight is 621 g/mol. The highest BCUT2D eigenvalue weighted by atomic mass is 32.3. The van der Waals surface area contributed by atoms with E-state index < -0.39 is 44.3 Å². The molecule has 0 amide bonds. The lowest BCUT2D eigenvalue weighted by Crippen LogP contribution is -2.55. The summed E-state index contributed by atoms with van der Waals surface area (Å²) in [7, 11) is -9.44. The van der Waals surface area contributed by atoms with E-state index in [0.29, 0.717) is 31.1 Å². The molecule has 0 heterocycles. The van der Waals surface area contributed by atoms with Crippen molar-refractivity contribution < 1.29 is 43.8 Å². The number of allylic oxidation sites excluding steroid dienone is 2. The maximum atomic E-state index is 12.0. The molecular formula is C29H48O10S2. The molecule has 0 bridgehead atoms. The monoisotopic (exact) mass is 620 g/mol. The highest BCUT2D eigenvalue weighted by Crippen LogP contribution is 2.67. The molecule has 3 fully saturated rings. The minimum absolute atomic E-state index is 0.0424. The van der Waals surface area contributed by atoms with E-state index in [4.69, 9.17) is 13.1 Å². The summed E-state index contributed by atoms with van der Waals surface area (Å²) in [6.07, 6.45) is 6.56. The molecule has 4 rings (SSSR count). The predicted molar refractivity (Wildman–Crippen MR) is 152 cm³/mol. The third-order valence-corrected chi connectivity index (χ3v) is 12.1. The van der Waals surface area contributed by atoms with Crippen molar-refractivity contribution in [3.63, 3.8) is 0 Å². The lowest BCUT2D eigenvalue weighted by Gasteiger charge is -2.59. The van der Waals surface area contributed by atoms with E-state index in [9.17, 15) is 30.7 Å². The van der Waals surface area contributed by atoms with Crippen LogP contribution in [0.25, 0.3) is 0 Å². The van der Waals surface area contributed by atoms with Gasteiger partial charge in [0, 0.05) is 6.92 Å². The Balaban J connectivity index is 1.65. The third-order valence-electron chi connectivity index (χ3n) is 11.1. The topological polar surface area (TPSA) is 154 Å². The van der Waals surface area contributed by atoms with Crippen molar-refractivity contribution in [3.05, 3.63) is 11.6 Å². The van der Waals surface area contributed by atoms with Crippen LogP contribution in [0.1, 0.15) is 99.3 Å².